The van der Waals surface area contributed by atoms with Crippen molar-refractivity contribution in [1.82, 2.24) is 0 Å². The Hall–Kier alpha value is -1.94. The molecule has 0 aromatic heterocycles. The van der Waals surface area contributed by atoms with E-state index in [2.05, 4.69) is 5.32 Å². The zero-order chi connectivity index (χ0) is 14.4. The van der Waals surface area contributed by atoms with Crippen LogP contribution in [0.15, 0.2) is 53.4 Å². The smallest absolute Gasteiger partial charge is 0.221 e. The number of nitrogens with one attached hydrogen (secondary N) is 1. The SMILES string of the molecule is CSc1cc(OCc2ccccc2)ccc1NC(C)=O. The van der Waals surface area contributed by atoms with Crippen LogP contribution < -0.4 is 10.1 Å². The summed E-state index contributed by atoms with van der Waals surface area (Å²) >= 11 is 1.58. The summed E-state index contributed by atoms with van der Waals surface area (Å²) in [5.74, 6) is 0.727. The van der Waals surface area contributed by atoms with Crippen molar-refractivity contribution in [1.29, 1.82) is 0 Å². The van der Waals surface area contributed by atoms with Gasteiger partial charge in [0.2, 0.25) is 5.91 Å². The van der Waals surface area contributed by atoms with E-state index in [1.54, 1.807) is 11.8 Å². The fourth-order valence-electron chi connectivity index (χ4n) is 1.80. The number of thioether (sulfide) groups is 1. The summed E-state index contributed by atoms with van der Waals surface area (Å²) in [5, 5.41) is 2.81. The molecule has 1 N–H and O–H groups in total. The molecule has 0 fully saturated rings. The second kappa shape index (κ2) is 7.01. The number of benzene rings is 2. The monoisotopic (exact) mass is 287 g/mol. The van der Waals surface area contributed by atoms with E-state index in [1.165, 1.54) is 6.92 Å². The third-order valence-electron chi connectivity index (χ3n) is 2.73. The first-order chi connectivity index (χ1) is 9.69. The normalized spacial score (nSPS) is 10.1. The van der Waals surface area contributed by atoms with Gasteiger partial charge < -0.3 is 10.1 Å². The molecule has 0 saturated heterocycles. The average Bonchev–Trinajstić information content (AvgIpc) is 2.46. The van der Waals surface area contributed by atoms with Gasteiger partial charge in [-0.15, -0.1) is 11.8 Å². The molecule has 20 heavy (non-hydrogen) atoms. The summed E-state index contributed by atoms with van der Waals surface area (Å²) in [6.07, 6.45) is 1.97. The van der Waals surface area contributed by atoms with Crippen LogP contribution in [0.4, 0.5) is 5.69 Å². The first kappa shape index (κ1) is 14.5. The zero-order valence-electron chi connectivity index (χ0n) is 11.6. The standard InChI is InChI=1S/C16H17NO2S/c1-12(18)17-15-9-8-14(10-16(15)20-2)19-11-13-6-4-3-5-7-13/h3-10H,11H2,1-2H3,(H,17,18). The summed E-state index contributed by atoms with van der Waals surface area (Å²) in [6.45, 7) is 2.04. The molecule has 0 aliphatic carbocycles. The van der Waals surface area contributed by atoms with Gasteiger partial charge in [-0.05, 0) is 30.0 Å². The van der Waals surface area contributed by atoms with Gasteiger partial charge in [0.15, 0.2) is 0 Å². The molecule has 2 aromatic rings. The molecule has 0 aliphatic rings. The summed E-state index contributed by atoms with van der Waals surface area (Å²) in [6, 6.07) is 15.7. The lowest BCUT2D eigenvalue weighted by Gasteiger charge is -2.11. The Morgan fingerprint density at radius 2 is 1.95 bits per heavy atom. The van der Waals surface area contributed by atoms with E-state index in [9.17, 15) is 4.79 Å². The van der Waals surface area contributed by atoms with Crippen molar-refractivity contribution in [2.45, 2.75) is 18.4 Å². The minimum Gasteiger partial charge on any atom is -0.489 e. The van der Waals surface area contributed by atoms with E-state index in [0.29, 0.717) is 6.61 Å². The summed E-state index contributed by atoms with van der Waals surface area (Å²) in [7, 11) is 0. The topological polar surface area (TPSA) is 38.3 Å². The van der Waals surface area contributed by atoms with E-state index in [-0.39, 0.29) is 5.91 Å². The lowest BCUT2D eigenvalue weighted by Crippen LogP contribution is -2.06. The van der Waals surface area contributed by atoms with Crippen molar-refractivity contribution in [3.05, 3.63) is 54.1 Å². The van der Waals surface area contributed by atoms with Crippen molar-refractivity contribution in [2.24, 2.45) is 0 Å². The predicted molar refractivity (Wildman–Crippen MR) is 83.3 cm³/mol. The molecule has 0 aliphatic heterocycles. The maximum Gasteiger partial charge on any atom is 0.221 e. The fraction of sp³-hybridized carbons (Fsp3) is 0.188. The number of carbonyl (C=O) groups is 1. The number of rotatable bonds is 5. The number of carbonyl (C=O) groups excluding carboxylic acids is 1. The Morgan fingerprint density at radius 1 is 1.20 bits per heavy atom. The first-order valence-electron chi connectivity index (χ1n) is 6.31. The molecule has 0 heterocycles. The largest absolute Gasteiger partial charge is 0.489 e. The minimum atomic E-state index is -0.0711. The van der Waals surface area contributed by atoms with Crippen LogP contribution >= 0.6 is 11.8 Å². The molecule has 2 aromatic carbocycles. The van der Waals surface area contributed by atoms with Crippen LogP contribution in [-0.4, -0.2) is 12.2 Å². The molecule has 0 bridgehead atoms. The highest BCUT2D eigenvalue weighted by Gasteiger charge is 2.05. The van der Waals surface area contributed by atoms with Gasteiger partial charge in [0.1, 0.15) is 12.4 Å². The van der Waals surface area contributed by atoms with Gasteiger partial charge in [-0.2, -0.15) is 0 Å². The molecule has 0 radical (unpaired) electrons. The van der Waals surface area contributed by atoms with E-state index in [0.717, 1.165) is 21.9 Å². The minimum absolute atomic E-state index is 0.0711. The highest BCUT2D eigenvalue weighted by atomic mass is 32.2. The van der Waals surface area contributed by atoms with Crippen molar-refractivity contribution in [3.63, 3.8) is 0 Å². The Labute approximate surface area is 123 Å². The summed E-state index contributed by atoms with van der Waals surface area (Å²) in [4.78, 5) is 12.1. The number of hydrogen-bond acceptors (Lipinski definition) is 3. The van der Waals surface area contributed by atoms with Gasteiger partial charge in [0.25, 0.3) is 0 Å². The quantitative estimate of drug-likeness (QED) is 0.846. The molecular weight excluding hydrogens is 270 g/mol. The Balaban J connectivity index is 2.07. The van der Waals surface area contributed by atoms with Crippen LogP contribution in [0.2, 0.25) is 0 Å². The maximum atomic E-state index is 11.1. The molecule has 1 amide bonds. The number of hydrogen-bond donors (Lipinski definition) is 1. The Bertz CT molecular complexity index is 584. The van der Waals surface area contributed by atoms with E-state index in [1.807, 2.05) is 54.8 Å². The van der Waals surface area contributed by atoms with Crippen LogP contribution in [0.25, 0.3) is 0 Å². The second-order valence-electron chi connectivity index (χ2n) is 4.32. The maximum absolute atomic E-state index is 11.1. The third-order valence-corrected chi connectivity index (χ3v) is 3.51. The van der Waals surface area contributed by atoms with Crippen LogP contribution in [0.1, 0.15) is 12.5 Å². The fourth-order valence-corrected chi connectivity index (χ4v) is 2.37. The molecule has 4 heteroatoms. The van der Waals surface area contributed by atoms with Crippen LogP contribution in [0.5, 0.6) is 5.75 Å². The van der Waals surface area contributed by atoms with E-state index in [4.69, 9.17) is 4.74 Å². The average molecular weight is 287 g/mol. The van der Waals surface area contributed by atoms with Crippen molar-refractivity contribution in [2.75, 3.05) is 11.6 Å². The first-order valence-corrected chi connectivity index (χ1v) is 7.54. The van der Waals surface area contributed by atoms with E-state index >= 15 is 0 Å². The zero-order valence-corrected chi connectivity index (χ0v) is 12.4. The van der Waals surface area contributed by atoms with Gasteiger partial charge in [-0.3, -0.25) is 4.79 Å². The van der Waals surface area contributed by atoms with E-state index < -0.39 is 0 Å². The molecule has 0 atom stereocenters. The number of amides is 1. The Kier molecular flexibility index (Phi) is 5.07. The highest BCUT2D eigenvalue weighted by molar-refractivity contribution is 7.98. The van der Waals surface area contributed by atoms with Crippen LogP contribution in [-0.2, 0) is 11.4 Å². The Morgan fingerprint density at radius 3 is 2.60 bits per heavy atom. The molecule has 0 spiro atoms. The number of ether oxygens (including phenoxy) is 1. The lowest BCUT2D eigenvalue weighted by molar-refractivity contribution is -0.114. The van der Waals surface area contributed by atoms with Gasteiger partial charge in [0.05, 0.1) is 5.69 Å². The lowest BCUT2D eigenvalue weighted by atomic mass is 10.2. The molecule has 0 saturated carbocycles. The highest BCUT2D eigenvalue weighted by Crippen LogP contribution is 2.30. The summed E-state index contributed by atoms with van der Waals surface area (Å²) in [5.41, 5.74) is 1.95. The van der Waals surface area contributed by atoms with Gasteiger partial charge in [0, 0.05) is 11.8 Å². The van der Waals surface area contributed by atoms with Gasteiger partial charge in [-0.25, -0.2) is 0 Å². The third kappa shape index (κ3) is 4.03. The molecule has 2 rings (SSSR count). The predicted octanol–water partition coefficient (Wildman–Crippen LogP) is 3.95. The second-order valence-corrected chi connectivity index (χ2v) is 5.17. The molecular formula is C16H17NO2S. The van der Waals surface area contributed by atoms with Crippen molar-refractivity contribution >= 4 is 23.4 Å². The number of anilines is 1. The van der Waals surface area contributed by atoms with Crippen LogP contribution in [0.3, 0.4) is 0 Å². The van der Waals surface area contributed by atoms with Crippen molar-refractivity contribution in [3.8, 4) is 5.75 Å². The molecule has 0 unspecified atom stereocenters. The van der Waals surface area contributed by atoms with Gasteiger partial charge >= 0.3 is 0 Å². The molecule has 104 valence electrons. The molecule has 3 nitrogen and oxygen atoms in total. The summed E-state index contributed by atoms with van der Waals surface area (Å²) < 4.78 is 5.77. The van der Waals surface area contributed by atoms with Gasteiger partial charge in [-0.1, -0.05) is 30.3 Å². The van der Waals surface area contributed by atoms with Crippen molar-refractivity contribution < 1.29 is 9.53 Å². The van der Waals surface area contributed by atoms with Crippen LogP contribution in [0, 0.1) is 0 Å².